The van der Waals surface area contributed by atoms with Crippen molar-refractivity contribution in [3.8, 4) is 11.5 Å². The number of hydrogen-bond donors (Lipinski definition) is 1. The van der Waals surface area contributed by atoms with Gasteiger partial charge in [-0.1, -0.05) is 52.7 Å². The molecule has 0 saturated carbocycles. The Labute approximate surface area is 250 Å². The van der Waals surface area contributed by atoms with Gasteiger partial charge in [0.1, 0.15) is 12.6 Å². The number of methoxy groups -OCH3 is 2. The Morgan fingerprint density at radius 2 is 1.66 bits per heavy atom. The summed E-state index contributed by atoms with van der Waals surface area (Å²) >= 11 is 3.45. The number of nitrogens with zero attached hydrogens (tertiary/aromatic N) is 2. The quantitative estimate of drug-likeness (QED) is 0.283. The van der Waals surface area contributed by atoms with Gasteiger partial charge < -0.3 is 19.7 Å². The van der Waals surface area contributed by atoms with E-state index in [1.165, 1.54) is 37.3 Å². The number of sulfonamides is 1. The fraction of sp³-hybridized carbons (Fsp3) is 0.333. The van der Waals surface area contributed by atoms with Crippen LogP contribution in [0.4, 0.5) is 5.69 Å². The summed E-state index contributed by atoms with van der Waals surface area (Å²) in [4.78, 5) is 28.3. The van der Waals surface area contributed by atoms with Gasteiger partial charge in [0, 0.05) is 23.6 Å². The van der Waals surface area contributed by atoms with Crippen LogP contribution in [-0.2, 0) is 26.2 Å². The van der Waals surface area contributed by atoms with Crippen molar-refractivity contribution in [2.75, 3.05) is 31.6 Å². The molecule has 0 aliphatic carbocycles. The smallest absolute Gasteiger partial charge is 0.264 e. The Morgan fingerprint density at radius 1 is 0.976 bits per heavy atom. The molecule has 11 heteroatoms. The van der Waals surface area contributed by atoms with E-state index in [1.54, 1.807) is 31.2 Å². The van der Waals surface area contributed by atoms with Gasteiger partial charge in [-0.15, -0.1) is 0 Å². The van der Waals surface area contributed by atoms with E-state index in [2.05, 4.69) is 21.2 Å². The second-order valence-electron chi connectivity index (χ2n) is 9.48. The van der Waals surface area contributed by atoms with Crippen molar-refractivity contribution in [1.82, 2.24) is 10.2 Å². The molecule has 3 aromatic carbocycles. The van der Waals surface area contributed by atoms with Crippen LogP contribution < -0.4 is 19.1 Å². The van der Waals surface area contributed by atoms with Gasteiger partial charge in [0.2, 0.25) is 11.8 Å². The average Bonchev–Trinajstić information content (AvgIpc) is 2.97. The molecule has 0 fully saturated rings. The molecule has 1 N–H and O–H groups in total. The topological polar surface area (TPSA) is 105 Å². The number of carbonyl (C=O) groups is 2. The van der Waals surface area contributed by atoms with Gasteiger partial charge in [-0.05, 0) is 62.2 Å². The van der Waals surface area contributed by atoms with Crippen LogP contribution in [0.25, 0.3) is 0 Å². The van der Waals surface area contributed by atoms with Gasteiger partial charge in [-0.2, -0.15) is 0 Å². The van der Waals surface area contributed by atoms with Gasteiger partial charge in [0.25, 0.3) is 10.0 Å². The molecule has 3 rings (SSSR count). The molecule has 1 unspecified atom stereocenters. The highest BCUT2D eigenvalue weighted by molar-refractivity contribution is 9.10. The van der Waals surface area contributed by atoms with Crippen LogP contribution in [0.1, 0.15) is 31.4 Å². The molecule has 9 nitrogen and oxygen atoms in total. The molecule has 41 heavy (non-hydrogen) atoms. The second-order valence-corrected chi connectivity index (χ2v) is 12.3. The highest BCUT2D eigenvalue weighted by Crippen LogP contribution is 2.32. The first-order chi connectivity index (χ1) is 19.5. The lowest BCUT2D eigenvalue weighted by molar-refractivity contribution is -0.139. The third-order valence-electron chi connectivity index (χ3n) is 6.50. The van der Waals surface area contributed by atoms with E-state index in [9.17, 15) is 18.0 Å². The maximum absolute atomic E-state index is 14.1. The van der Waals surface area contributed by atoms with Crippen molar-refractivity contribution >= 4 is 43.5 Å². The number of halogens is 1. The van der Waals surface area contributed by atoms with Crippen molar-refractivity contribution in [3.05, 3.63) is 82.3 Å². The summed E-state index contributed by atoms with van der Waals surface area (Å²) in [7, 11) is -1.37. The van der Waals surface area contributed by atoms with Crippen molar-refractivity contribution in [2.24, 2.45) is 0 Å². The van der Waals surface area contributed by atoms with Crippen LogP contribution in [0.15, 0.2) is 76.1 Å². The van der Waals surface area contributed by atoms with Crippen LogP contribution in [0.5, 0.6) is 11.5 Å². The highest BCUT2D eigenvalue weighted by Gasteiger charge is 2.33. The lowest BCUT2D eigenvalue weighted by Crippen LogP contribution is -2.51. The largest absolute Gasteiger partial charge is 0.493 e. The molecule has 0 saturated heterocycles. The number of anilines is 1. The number of aryl methyl sites for hydroxylation is 1. The summed E-state index contributed by atoms with van der Waals surface area (Å²) in [6.07, 6.45) is 0.739. The lowest BCUT2D eigenvalue weighted by atomic mass is 10.1. The first kappa shape index (κ1) is 32.0. The Bertz CT molecular complexity index is 1460. The first-order valence-corrected chi connectivity index (χ1v) is 15.4. The molecule has 1 atom stereocenters. The van der Waals surface area contributed by atoms with Gasteiger partial charge in [0.15, 0.2) is 11.5 Å². The Morgan fingerprint density at radius 3 is 2.27 bits per heavy atom. The molecule has 0 aromatic heterocycles. The Balaban J connectivity index is 2.06. The van der Waals surface area contributed by atoms with E-state index >= 15 is 0 Å². The monoisotopic (exact) mass is 645 g/mol. The molecule has 3 aromatic rings. The van der Waals surface area contributed by atoms with Crippen LogP contribution in [0.3, 0.4) is 0 Å². The fourth-order valence-corrected chi connectivity index (χ4v) is 6.03. The van der Waals surface area contributed by atoms with Gasteiger partial charge in [-0.3, -0.25) is 13.9 Å². The molecular formula is C30H36BrN3O6S. The minimum atomic E-state index is -4.25. The molecule has 220 valence electrons. The molecule has 0 spiro atoms. The summed E-state index contributed by atoms with van der Waals surface area (Å²) in [5.74, 6) is -0.244. The molecule has 0 radical (unpaired) electrons. The first-order valence-electron chi connectivity index (χ1n) is 13.1. The van der Waals surface area contributed by atoms with Crippen molar-refractivity contribution in [3.63, 3.8) is 0 Å². The van der Waals surface area contributed by atoms with Crippen molar-refractivity contribution < 1.29 is 27.5 Å². The molecule has 0 heterocycles. The molecule has 0 aliphatic rings. The number of benzene rings is 3. The summed E-state index contributed by atoms with van der Waals surface area (Å²) in [6.45, 7) is 5.51. The zero-order valence-electron chi connectivity index (χ0n) is 23.9. The van der Waals surface area contributed by atoms with E-state index in [1.807, 2.05) is 38.1 Å². The van der Waals surface area contributed by atoms with Gasteiger partial charge in [-0.25, -0.2) is 8.42 Å². The van der Waals surface area contributed by atoms with Gasteiger partial charge >= 0.3 is 0 Å². The van der Waals surface area contributed by atoms with Crippen molar-refractivity contribution in [2.45, 2.75) is 44.7 Å². The standard InChI is InChI=1S/C30H36BrN3O6S/c1-6-16-32-30(36)22(3)33(19-23-8-7-9-24(31)17-23)29(35)20-34(25-12-10-21(2)11-13-25)41(37,38)26-14-15-27(39-4)28(18-26)40-5/h7-15,17-18,22H,6,16,19-20H2,1-5H3,(H,32,36). The summed E-state index contributed by atoms with van der Waals surface area (Å²) in [6, 6.07) is 17.7. The predicted molar refractivity (Wildman–Crippen MR) is 163 cm³/mol. The summed E-state index contributed by atoms with van der Waals surface area (Å²) in [5, 5.41) is 2.84. The zero-order chi connectivity index (χ0) is 30.2. The molecule has 2 amide bonds. The maximum Gasteiger partial charge on any atom is 0.264 e. The number of nitrogens with one attached hydrogen (secondary N) is 1. The van der Waals surface area contributed by atoms with Crippen LogP contribution in [0, 0.1) is 6.92 Å². The van der Waals surface area contributed by atoms with E-state index < -0.39 is 28.5 Å². The zero-order valence-corrected chi connectivity index (χ0v) is 26.3. The van der Waals surface area contributed by atoms with Crippen LogP contribution in [-0.4, -0.2) is 58.5 Å². The van der Waals surface area contributed by atoms with E-state index in [-0.39, 0.29) is 23.1 Å². The van der Waals surface area contributed by atoms with Crippen LogP contribution in [0.2, 0.25) is 0 Å². The normalized spacial score (nSPS) is 11.9. The fourth-order valence-electron chi connectivity index (χ4n) is 4.15. The van der Waals surface area contributed by atoms with E-state index in [0.29, 0.717) is 18.0 Å². The minimum absolute atomic E-state index is 0.0733. The number of ether oxygens (including phenoxy) is 2. The Kier molecular flexibility index (Phi) is 11.2. The third-order valence-corrected chi connectivity index (χ3v) is 8.77. The average molecular weight is 647 g/mol. The van der Waals surface area contributed by atoms with E-state index in [0.717, 1.165) is 26.3 Å². The van der Waals surface area contributed by atoms with Crippen LogP contribution >= 0.6 is 15.9 Å². The van der Waals surface area contributed by atoms with Crippen molar-refractivity contribution in [1.29, 1.82) is 0 Å². The highest BCUT2D eigenvalue weighted by atomic mass is 79.9. The van der Waals surface area contributed by atoms with E-state index in [4.69, 9.17) is 9.47 Å². The Hall–Kier alpha value is -3.57. The third kappa shape index (κ3) is 8.01. The predicted octanol–water partition coefficient (Wildman–Crippen LogP) is 4.91. The molecule has 0 bridgehead atoms. The summed E-state index contributed by atoms with van der Waals surface area (Å²) < 4.78 is 40.6. The number of hydrogen-bond acceptors (Lipinski definition) is 6. The molecule has 0 aliphatic heterocycles. The SMILES string of the molecule is CCCNC(=O)C(C)N(Cc1cccc(Br)c1)C(=O)CN(c1ccc(C)cc1)S(=O)(=O)c1ccc(OC)c(OC)c1. The minimum Gasteiger partial charge on any atom is -0.493 e. The lowest BCUT2D eigenvalue weighted by Gasteiger charge is -2.32. The maximum atomic E-state index is 14.1. The molecular weight excluding hydrogens is 610 g/mol. The number of rotatable bonds is 13. The van der Waals surface area contributed by atoms with Gasteiger partial charge in [0.05, 0.1) is 24.8 Å². The number of amides is 2. The summed E-state index contributed by atoms with van der Waals surface area (Å²) in [5.41, 5.74) is 2.03. The number of carbonyl (C=O) groups excluding carboxylic acids is 2. The second kappa shape index (κ2) is 14.4.